The number of carbonyl (C=O) groups excluding carboxylic acids is 3. The highest BCUT2D eigenvalue weighted by Crippen LogP contribution is 2.26. The molecule has 0 saturated carbocycles. The van der Waals surface area contributed by atoms with Crippen molar-refractivity contribution in [2.75, 3.05) is 12.0 Å². The van der Waals surface area contributed by atoms with Gasteiger partial charge >= 0.3 is 5.97 Å². The van der Waals surface area contributed by atoms with Crippen molar-refractivity contribution in [2.24, 2.45) is 10.9 Å². The summed E-state index contributed by atoms with van der Waals surface area (Å²) in [5.41, 5.74) is 6.14. The van der Waals surface area contributed by atoms with Crippen molar-refractivity contribution in [3.63, 3.8) is 0 Å². The molecule has 1 aliphatic rings. The summed E-state index contributed by atoms with van der Waals surface area (Å²) in [7, 11) is 0. The summed E-state index contributed by atoms with van der Waals surface area (Å²) in [6.07, 6.45) is 2.01. The molecule has 29 heavy (non-hydrogen) atoms. The zero-order valence-electron chi connectivity index (χ0n) is 15.5. The van der Waals surface area contributed by atoms with Gasteiger partial charge in [-0.25, -0.2) is 9.18 Å². The summed E-state index contributed by atoms with van der Waals surface area (Å²) in [6, 6.07) is 10.8. The number of fused-ring (bicyclic) bond motifs is 1. The van der Waals surface area contributed by atoms with Gasteiger partial charge in [0.1, 0.15) is 11.9 Å². The van der Waals surface area contributed by atoms with Crippen LogP contribution < -0.4 is 5.73 Å². The SMILES string of the molecule is CSCC[C@@H](C(=O)O/N=C(/N)c1ccccc1F)N1C(=O)c2ccccc2C1=O. The van der Waals surface area contributed by atoms with Crippen molar-refractivity contribution < 1.29 is 23.6 Å². The van der Waals surface area contributed by atoms with E-state index in [4.69, 9.17) is 10.6 Å². The van der Waals surface area contributed by atoms with Crippen LogP contribution in [0.15, 0.2) is 53.7 Å². The van der Waals surface area contributed by atoms with Crippen molar-refractivity contribution in [2.45, 2.75) is 12.5 Å². The summed E-state index contributed by atoms with van der Waals surface area (Å²) in [4.78, 5) is 43.8. The van der Waals surface area contributed by atoms with Crippen LogP contribution in [0, 0.1) is 5.82 Å². The van der Waals surface area contributed by atoms with E-state index in [2.05, 4.69) is 5.16 Å². The first-order chi connectivity index (χ1) is 14.0. The topological polar surface area (TPSA) is 102 Å². The molecule has 2 aromatic rings. The quantitative estimate of drug-likeness (QED) is 0.245. The van der Waals surface area contributed by atoms with Crippen LogP contribution in [-0.2, 0) is 9.63 Å². The van der Waals surface area contributed by atoms with Gasteiger partial charge in [0.05, 0.1) is 16.7 Å². The van der Waals surface area contributed by atoms with Crippen LogP contribution in [0.4, 0.5) is 4.39 Å². The highest BCUT2D eigenvalue weighted by Gasteiger charge is 2.43. The Balaban J connectivity index is 1.83. The smallest absolute Gasteiger partial charge is 0.357 e. The molecule has 150 valence electrons. The molecule has 7 nitrogen and oxygen atoms in total. The van der Waals surface area contributed by atoms with E-state index in [9.17, 15) is 18.8 Å². The van der Waals surface area contributed by atoms with Gasteiger partial charge in [-0.3, -0.25) is 14.5 Å². The number of thioether (sulfide) groups is 1. The minimum atomic E-state index is -1.17. The van der Waals surface area contributed by atoms with Crippen molar-refractivity contribution in [1.82, 2.24) is 4.90 Å². The average molecular weight is 415 g/mol. The van der Waals surface area contributed by atoms with E-state index in [1.54, 1.807) is 18.2 Å². The minimum absolute atomic E-state index is 0.0262. The highest BCUT2D eigenvalue weighted by atomic mass is 32.2. The Morgan fingerprint density at radius 3 is 2.31 bits per heavy atom. The molecular formula is C20H18FN3O4S. The molecule has 0 radical (unpaired) electrons. The Hall–Kier alpha value is -3.20. The van der Waals surface area contributed by atoms with Crippen molar-refractivity contribution in [3.8, 4) is 0 Å². The molecule has 3 rings (SSSR count). The second-order valence-corrected chi connectivity index (χ2v) is 7.18. The number of hydrogen-bond donors (Lipinski definition) is 1. The second kappa shape index (κ2) is 8.87. The lowest BCUT2D eigenvalue weighted by molar-refractivity contribution is -0.148. The van der Waals surface area contributed by atoms with Gasteiger partial charge in [0.2, 0.25) is 0 Å². The van der Waals surface area contributed by atoms with Gasteiger partial charge in [0, 0.05) is 0 Å². The van der Waals surface area contributed by atoms with Gasteiger partial charge in [-0.2, -0.15) is 11.8 Å². The number of halogens is 1. The molecular weight excluding hydrogens is 397 g/mol. The average Bonchev–Trinajstić information content (AvgIpc) is 2.98. The summed E-state index contributed by atoms with van der Waals surface area (Å²) in [5.74, 6) is -2.52. The van der Waals surface area contributed by atoms with E-state index in [0.29, 0.717) is 5.75 Å². The van der Waals surface area contributed by atoms with E-state index in [1.807, 2.05) is 6.26 Å². The predicted molar refractivity (Wildman–Crippen MR) is 107 cm³/mol. The van der Waals surface area contributed by atoms with Crippen molar-refractivity contribution in [1.29, 1.82) is 0 Å². The number of nitrogens with two attached hydrogens (primary N) is 1. The summed E-state index contributed by atoms with van der Waals surface area (Å²) >= 11 is 1.45. The van der Waals surface area contributed by atoms with Crippen LogP contribution in [0.2, 0.25) is 0 Å². The zero-order valence-corrected chi connectivity index (χ0v) is 16.3. The number of hydrogen-bond acceptors (Lipinski definition) is 6. The fourth-order valence-electron chi connectivity index (χ4n) is 2.95. The van der Waals surface area contributed by atoms with Crippen LogP contribution in [0.5, 0.6) is 0 Å². The lowest BCUT2D eigenvalue weighted by Crippen LogP contribution is -2.45. The van der Waals surface area contributed by atoms with Crippen LogP contribution in [-0.4, -0.2) is 46.6 Å². The molecule has 1 aliphatic heterocycles. The Labute approximate surface area is 170 Å². The maximum atomic E-state index is 13.8. The highest BCUT2D eigenvalue weighted by molar-refractivity contribution is 7.98. The lowest BCUT2D eigenvalue weighted by Gasteiger charge is -2.23. The van der Waals surface area contributed by atoms with E-state index in [1.165, 1.54) is 42.1 Å². The number of carbonyl (C=O) groups is 3. The molecule has 2 aromatic carbocycles. The van der Waals surface area contributed by atoms with Gasteiger partial charge in [-0.1, -0.05) is 29.4 Å². The number of imide groups is 1. The molecule has 0 aliphatic carbocycles. The van der Waals surface area contributed by atoms with Crippen molar-refractivity contribution in [3.05, 3.63) is 71.0 Å². The molecule has 9 heteroatoms. The van der Waals surface area contributed by atoms with E-state index in [0.717, 1.165) is 4.90 Å². The predicted octanol–water partition coefficient (Wildman–Crippen LogP) is 2.41. The minimum Gasteiger partial charge on any atom is -0.380 e. The number of amides is 2. The van der Waals surface area contributed by atoms with Gasteiger partial charge in [-0.15, -0.1) is 0 Å². The number of rotatable bonds is 7. The molecule has 0 unspecified atom stereocenters. The van der Waals surface area contributed by atoms with E-state index < -0.39 is 29.6 Å². The largest absolute Gasteiger partial charge is 0.380 e. The first kappa shape index (κ1) is 20.5. The maximum absolute atomic E-state index is 13.8. The molecule has 0 spiro atoms. The van der Waals surface area contributed by atoms with E-state index in [-0.39, 0.29) is 28.9 Å². The third-order valence-corrected chi connectivity index (χ3v) is 5.03. The fraction of sp³-hybridized carbons (Fsp3) is 0.200. The van der Waals surface area contributed by atoms with Gasteiger partial charge in [0.15, 0.2) is 5.84 Å². The Kier molecular flexibility index (Phi) is 6.28. The molecule has 2 N–H and O–H groups in total. The van der Waals surface area contributed by atoms with Gasteiger partial charge in [0.25, 0.3) is 11.8 Å². The van der Waals surface area contributed by atoms with Crippen LogP contribution in [0.25, 0.3) is 0 Å². The van der Waals surface area contributed by atoms with Crippen LogP contribution >= 0.6 is 11.8 Å². The third-order valence-electron chi connectivity index (χ3n) is 4.39. The summed E-state index contributed by atoms with van der Waals surface area (Å²) < 4.78 is 13.8. The number of benzene rings is 2. The molecule has 0 bridgehead atoms. The molecule has 0 fully saturated rings. The lowest BCUT2D eigenvalue weighted by atomic mass is 10.1. The zero-order chi connectivity index (χ0) is 21.0. The molecule has 0 aromatic heterocycles. The van der Waals surface area contributed by atoms with Gasteiger partial charge in [-0.05, 0) is 42.7 Å². The first-order valence-corrected chi connectivity index (χ1v) is 10.1. The molecule has 1 heterocycles. The first-order valence-electron chi connectivity index (χ1n) is 8.70. The Morgan fingerprint density at radius 2 is 1.72 bits per heavy atom. The standard InChI is InChI=1S/C20H18FN3O4S/c1-29-11-10-16(24-18(25)12-6-2-3-7-13(12)19(24)26)20(27)28-23-17(22)14-8-4-5-9-15(14)21/h2-9,16H,10-11H2,1H3,(H2,22,23)/t16-/m0/s1. The van der Waals surface area contributed by atoms with Gasteiger partial charge < -0.3 is 10.6 Å². The van der Waals surface area contributed by atoms with Crippen LogP contribution in [0.1, 0.15) is 32.7 Å². The normalized spacial score (nSPS) is 14.7. The van der Waals surface area contributed by atoms with E-state index >= 15 is 0 Å². The van der Waals surface area contributed by atoms with Crippen LogP contribution in [0.3, 0.4) is 0 Å². The summed E-state index contributed by atoms with van der Waals surface area (Å²) in [6.45, 7) is 0. The Bertz CT molecular complexity index is 960. The Morgan fingerprint density at radius 1 is 1.14 bits per heavy atom. The number of oxime groups is 1. The monoisotopic (exact) mass is 415 g/mol. The number of amidine groups is 1. The number of nitrogens with zero attached hydrogens (tertiary/aromatic N) is 2. The maximum Gasteiger partial charge on any atom is 0.357 e. The molecule has 2 amide bonds. The molecule has 0 saturated heterocycles. The molecule has 1 atom stereocenters. The second-order valence-electron chi connectivity index (χ2n) is 6.19. The fourth-order valence-corrected chi connectivity index (χ4v) is 3.40. The summed E-state index contributed by atoms with van der Waals surface area (Å²) in [5, 5.41) is 3.50. The third kappa shape index (κ3) is 4.14. The van der Waals surface area contributed by atoms with Crippen molar-refractivity contribution >= 4 is 35.4 Å².